The van der Waals surface area contributed by atoms with Gasteiger partial charge in [-0.05, 0) is 38.7 Å². The van der Waals surface area contributed by atoms with E-state index in [0.29, 0.717) is 29.9 Å². The first kappa shape index (κ1) is 35.9. The van der Waals surface area contributed by atoms with Gasteiger partial charge >= 0.3 is 18.1 Å². The van der Waals surface area contributed by atoms with Crippen LogP contribution in [0.2, 0.25) is 0 Å². The maximum absolute atomic E-state index is 14.0. The second-order valence-electron chi connectivity index (χ2n) is 11.2. The van der Waals surface area contributed by atoms with Gasteiger partial charge in [-0.25, -0.2) is 9.59 Å². The summed E-state index contributed by atoms with van der Waals surface area (Å²) in [6.45, 7) is 1.47. The lowest BCUT2D eigenvalue weighted by Crippen LogP contribution is -2.52. The minimum absolute atomic E-state index is 0.0190. The van der Waals surface area contributed by atoms with Crippen LogP contribution in [0.15, 0.2) is 42.5 Å². The lowest BCUT2D eigenvalue weighted by Gasteiger charge is -2.33. The Labute approximate surface area is 262 Å². The third-order valence-corrected chi connectivity index (χ3v) is 8.10. The van der Waals surface area contributed by atoms with Gasteiger partial charge in [-0.2, -0.15) is 13.2 Å². The second kappa shape index (κ2) is 16.6. The third kappa shape index (κ3) is 8.99. The molecule has 1 heterocycles. The zero-order chi connectivity index (χ0) is 33.0. The quantitative estimate of drug-likeness (QED) is 0.114. The van der Waals surface area contributed by atoms with E-state index >= 15 is 0 Å². The first-order valence-corrected chi connectivity index (χ1v) is 15.4. The highest BCUT2D eigenvalue weighted by Crippen LogP contribution is 2.44. The molecule has 248 valence electrons. The average molecular weight is 637 g/mol. The van der Waals surface area contributed by atoms with Crippen molar-refractivity contribution in [2.45, 2.75) is 102 Å². The summed E-state index contributed by atoms with van der Waals surface area (Å²) in [5, 5.41) is 0. The van der Waals surface area contributed by atoms with E-state index < -0.39 is 23.9 Å². The number of carbonyl (C=O) groups is 3. The number of ketones is 1. The Morgan fingerprint density at radius 2 is 1.53 bits per heavy atom. The number of methoxy groups -OCH3 is 3. The van der Waals surface area contributed by atoms with Gasteiger partial charge in [0.2, 0.25) is 0 Å². The lowest BCUT2D eigenvalue weighted by molar-refractivity contribution is -0.278. The Kier molecular flexibility index (Phi) is 13.3. The number of alkyl halides is 3. The molecule has 0 N–H and O–H groups in total. The predicted octanol–water partition coefficient (Wildman–Crippen LogP) is 7.81. The summed E-state index contributed by atoms with van der Waals surface area (Å²) < 4.78 is 68.2. The van der Waals surface area contributed by atoms with Crippen molar-refractivity contribution in [2.75, 3.05) is 21.3 Å². The maximum Gasteiger partial charge on any atom is 0.432 e. The Hall–Kier alpha value is -3.60. The molecule has 0 fully saturated rings. The van der Waals surface area contributed by atoms with Gasteiger partial charge in [0.15, 0.2) is 0 Å². The van der Waals surface area contributed by atoms with Crippen molar-refractivity contribution in [2.24, 2.45) is 0 Å². The van der Waals surface area contributed by atoms with Crippen LogP contribution in [0, 0.1) is 0 Å². The van der Waals surface area contributed by atoms with Crippen LogP contribution in [0.1, 0.15) is 105 Å². The van der Waals surface area contributed by atoms with Crippen LogP contribution in [0.3, 0.4) is 0 Å². The average Bonchev–Trinajstić information content (AvgIpc) is 3.33. The van der Waals surface area contributed by atoms with E-state index in [-0.39, 0.29) is 36.3 Å². The van der Waals surface area contributed by atoms with E-state index in [1.165, 1.54) is 32.2 Å². The Balaban J connectivity index is 1.30. The molecule has 0 amide bonds. The number of cyclic esters (lactones) is 1. The van der Waals surface area contributed by atoms with Gasteiger partial charge in [0, 0.05) is 37.1 Å². The molecule has 8 nitrogen and oxygen atoms in total. The largest absolute Gasteiger partial charge is 0.497 e. The fourth-order valence-corrected chi connectivity index (χ4v) is 5.56. The van der Waals surface area contributed by atoms with Gasteiger partial charge in [0.25, 0.3) is 5.60 Å². The molecule has 0 unspecified atom stereocenters. The summed E-state index contributed by atoms with van der Waals surface area (Å²) >= 11 is 0. The molecule has 45 heavy (non-hydrogen) atoms. The standard InChI is InChI=1S/C34H43F3O8/c1-23(44-32(40)33(43-4,34(35,36)37)24-15-11-10-12-16-24)19-20-25(38)17-13-8-6-5-7-9-14-18-28-27-21-26(41-2)22-29(42-3)30(27)31(39)45-28/h10-12,15-16,21-23,28H,5-9,13-14,17-20H2,1-4H3/t23-,28-,33-/m1/s1. The van der Waals surface area contributed by atoms with Crippen molar-refractivity contribution in [1.82, 2.24) is 0 Å². The number of benzene rings is 2. The third-order valence-electron chi connectivity index (χ3n) is 8.10. The van der Waals surface area contributed by atoms with Gasteiger partial charge in [0.1, 0.15) is 28.9 Å². The lowest BCUT2D eigenvalue weighted by atomic mass is 9.92. The molecule has 0 bridgehead atoms. The topological polar surface area (TPSA) is 97.4 Å². The molecule has 3 rings (SSSR count). The van der Waals surface area contributed by atoms with E-state index in [0.717, 1.165) is 69.8 Å². The Morgan fingerprint density at radius 3 is 2.13 bits per heavy atom. The van der Waals surface area contributed by atoms with Crippen LogP contribution in [-0.2, 0) is 29.4 Å². The molecule has 3 atom stereocenters. The molecule has 2 aromatic rings. The summed E-state index contributed by atoms with van der Waals surface area (Å²) in [7, 11) is 3.89. The minimum Gasteiger partial charge on any atom is -0.497 e. The number of ether oxygens (including phenoxy) is 5. The molecule has 0 aromatic heterocycles. The van der Waals surface area contributed by atoms with Crippen LogP contribution >= 0.6 is 0 Å². The van der Waals surface area contributed by atoms with Crippen molar-refractivity contribution in [3.8, 4) is 11.5 Å². The van der Waals surface area contributed by atoms with Crippen molar-refractivity contribution in [3.05, 3.63) is 59.2 Å². The van der Waals surface area contributed by atoms with Crippen molar-refractivity contribution in [1.29, 1.82) is 0 Å². The molecule has 0 saturated carbocycles. The van der Waals surface area contributed by atoms with Crippen molar-refractivity contribution < 1.29 is 51.2 Å². The number of carbonyl (C=O) groups excluding carboxylic acids is 3. The van der Waals surface area contributed by atoms with Crippen LogP contribution in [0.4, 0.5) is 13.2 Å². The Bertz CT molecular complexity index is 1280. The molecule has 0 spiro atoms. The summed E-state index contributed by atoms with van der Waals surface area (Å²) in [5.41, 5.74) is -2.36. The molecular formula is C34H43F3O8. The predicted molar refractivity (Wildman–Crippen MR) is 160 cm³/mol. The number of fused-ring (bicyclic) bond motifs is 1. The van der Waals surface area contributed by atoms with E-state index in [4.69, 9.17) is 23.7 Å². The number of Topliss-reactive ketones (excluding diaryl/α,β-unsaturated/α-hetero) is 1. The molecule has 0 radical (unpaired) electrons. The Morgan fingerprint density at radius 1 is 0.889 bits per heavy atom. The fraction of sp³-hybridized carbons (Fsp3) is 0.559. The number of hydrogen-bond donors (Lipinski definition) is 0. The summed E-state index contributed by atoms with van der Waals surface area (Å²) in [6, 6.07) is 10.1. The molecular weight excluding hydrogens is 593 g/mol. The van der Waals surface area contributed by atoms with Crippen LogP contribution < -0.4 is 9.47 Å². The molecule has 0 aliphatic carbocycles. The van der Waals surface area contributed by atoms with Crippen molar-refractivity contribution in [3.63, 3.8) is 0 Å². The second-order valence-corrected chi connectivity index (χ2v) is 11.2. The number of unbranched alkanes of at least 4 members (excludes halogenated alkanes) is 6. The summed E-state index contributed by atoms with van der Waals surface area (Å²) in [4.78, 5) is 37.4. The molecule has 11 heteroatoms. The van der Waals surface area contributed by atoms with Crippen LogP contribution in [-0.4, -0.2) is 51.3 Å². The highest BCUT2D eigenvalue weighted by molar-refractivity contribution is 5.97. The monoisotopic (exact) mass is 636 g/mol. The number of esters is 2. The SMILES string of the molecule is COc1cc(OC)c2c(c1)[C@@H](CCCCCCCCCC(=O)CC[C@@H](C)OC(=O)[C@](OC)(c1ccccc1)C(F)(F)F)OC2=O. The number of halogens is 3. The first-order valence-electron chi connectivity index (χ1n) is 15.4. The fourth-order valence-electron chi connectivity index (χ4n) is 5.56. The van der Waals surface area contributed by atoms with Crippen LogP contribution in [0.25, 0.3) is 0 Å². The van der Waals surface area contributed by atoms with Gasteiger partial charge in [-0.1, -0.05) is 62.4 Å². The number of rotatable bonds is 19. The van der Waals surface area contributed by atoms with Crippen LogP contribution in [0.5, 0.6) is 11.5 Å². The van der Waals surface area contributed by atoms with Gasteiger partial charge in [0.05, 0.1) is 20.3 Å². The van der Waals surface area contributed by atoms with Crippen molar-refractivity contribution >= 4 is 17.7 Å². The smallest absolute Gasteiger partial charge is 0.432 e. The summed E-state index contributed by atoms with van der Waals surface area (Å²) in [5.74, 6) is -0.890. The first-order chi connectivity index (χ1) is 21.5. The van der Waals surface area contributed by atoms with Gasteiger partial charge < -0.3 is 23.7 Å². The van der Waals surface area contributed by atoms with E-state index in [1.807, 2.05) is 6.07 Å². The zero-order valence-electron chi connectivity index (χ0n) is 26.4. The number of hydrogen-bond acceptors (Lipinski definition) is 8. The van der Waals surface area contributed by atoms with E-state index in [2.05, 4.69) is 0 Å². The maximum atomic E-state index is 14.0. The highest BCUT2D eigenvalue weighted by atomic mass is 19.4. The molecule has 1 aliphatic rings. The van der Waals surface area contributed by atoms with Gasteiger partial charge in [-0.15, -0.1) is 0 Å². The minimum atomic E-state index is -5.05. The molecule has 2 aromatic carbocycles. The summed E-state index contributed by atoms with van der Waals surface area (Å²) in [6.07, 6.45) is 1.59. The highest BCUT2D eigenvalue weighted by Gasteiger charge is 2.64. The molecule has 1 aliphatic heterocycles. The normalized spacial score (nSPS) is 16.3. The van der Waals surface area contributed by atoms with Gasteiger partial charge in [-0.3, -0.25) is 4.79 Å². The molecule has 0 saturated heterocycles. The zero-order valence-corrected chi connectivity index (χ0v) is 26.4. The van der Waals surface area contributed by atoms with E-state index in [9.17, 15) is 27.6 Å². The van der Waals surface area contributed by atoms with E-state index in [1.54, 1.807) is 13.2 Å².